The van der Waals surface area contributed by atoms with Gasteiger partial charge in [-0.2, -0.15) is 0 Å². The van der Waals surface area contributed by atoms with E-state index in [2.05, 4.69) is 15.9 Å². The maximum absolute atomic E-state index is 12.7. The summed E-state index contributed by atoms with van der Waals surface area (Å²) in [6.07, 6.45) is 1.56. The van der Waals surface area contributed by atoms with Gasteiger partial charge in [-0.15, -0.1) is 0 Å². The minimum absolute atomic E-state index is 0.155. The molecule has 0 aromatic heterocycles. The van der Waals surface area contributed by atoms with Crippen molar-refractivity contribution in [1.82, 2.24) is 4.90 Å². The van der Waals surface area contributed by atoms with Gasteiger partial charge in [-0.3, -0.25) is 14.5 Å². The van der Waals surface area contributed by atoms with E-state index < -0.39 is 29.1 Å². The third kappa shape index (κ3) is 5.82. The van der Waals surface area contributed by atoms with Gasteiger partial charge in [-0.1, -0.05) is 18.2 Å². The number of thioether (sulfide) groups is 1. The Morgan fingerprint density at radius 2 is 1.97 bits per heavy atom. The summed E-state index contributed by atoms with van der Waals surface area (Å²) in [4.78, 5) is 49.1. The molecule has 172 valence electrons. The first kappa shape index (κ1) is 24.5. The van der Waals surface area contributed by atoms with Gasteiger partial charge in [0, 0.05) is 0 Å². The van der Waals surface area contributed by atoms with Gasteiger partial charge in [-0.05, 0) is 83.0 Å². The molecular formula is C23H20BrNO7S. The van der Waals surface area contributed by atoms with Crippen LogP contribution in [0.2, 0.25) is 0 Å². The zero-order chi connectivity index (χ0) is 24.1. The SMILES string of the molecule is CCOC(=O)[C@@H](C)N1C(=O)S/C(=C/c2ccc(OCc3cccc(C(=O)O)c3)c(Br)c2)C1=O. The lowest BCUT2D eigenvalue weighted by Gasteiger charge is -2.19. The minimum Gasteiger partial charge on any atom is -0.488 e. The van der Waals surface area contributed by atoms with Crippen molar-refractivity contribution in [2.24, 2.45) is 0 Å². The van der Waals surface area contributed by atoms with E-state index in [9.17, 15) is 19.2 Å². The number of esters is 1. The number of halogens is 1. The highest BCUT2D eigenvalue weighted by atomic mass is 79.9. The number of amides is 2. The lowest BCUT2D eigenvalue weighted by atomic mass is 10.1. The fourth-order valence-electron chi connectivity index (χ4n) is 3.01. The molecule has 2 aromatic carbocycles. The molecule has 1 aliphatic heterocycles. The molecule has 0 aliphatic carbocycles. The van der Waals surface area contributed by atoms with Crippen LogP contribution in [0, 0.1) is 0 Å². The van der Waals surface area contributed by atoms with Crippen LogP contribution in [0.3, 0.4) is 0 Å². The molecule has 1 atom stereocenters. The molecule has 0 spiro atoms. The van der Waals surface area contributed by atoms with Crippen LogP contribution < -0.4 is 4.74 Å². The van der Waals surface area contributed by atoms with Crippen molar-refractivity contribution >= 4 is 56.9 Å². The average molecular weight is 534 g/mol. The average Bonchev–Trinajstić information content (AvgIpc) is 3.05. The number of carbonyl (C=O) groups excluding carboxylic acids is 3. The molecule has 8 nitrogen and oxygen atoms in total. The highest BCUT2D eigenvalue weighted by Gasteiger charge is 2.41. The predicted octanol–water partition coefficient (Wildman–Crippen LogP) is 4.71. The second kappa shape index (κ2) is 10.7. The van der Waals surface area contributed by atoms with E-state index in [-0.39, 0.29) is 23.7 Å². The molecule has 2 amide bonds. The number of rotatable bonds is 8. The highest BCUT2D eigenvalue weighted by Crippen LogP contribution is 2.35. The molecule has 0 unspecified atom stereocenters. The summed E-state index contributed by atoms with van der Waals surface area (Å²) in [6, 6.07) is 10.6. The van der Waals surface area contributed by atoms with E-state index in [1.165, 1.54) is 19.1 Å². The van der Waals surface area contributed by atoms with Crippen molar-refractivity contribution in [3.63, 3.8) is 0 Å². The molecule has 2 aromatic rings. The Kier molecular flexibility index (Phi) is 7.93. The van der Waals surface area contributed by atoms with E-state index in [0.29, 0.717) is 21.3 Å². The van der Waals surface area contributed by atoms with E-state index in [4.69, 9.17) is 14.6 Å². The van der Waals surface area contributed by atoms with Crippen molar-refractivity contribution in [3.05, 3.63) is 68.5 Å². The number of hydrogen-bond acceptors (Lipinski definition) is 7. The number of ether oxygens (including phenoxy) is 2. The van der Waals surface area contributed by atoms with Gasteiger partial charge in [0.05, 0.1) is 21.5 Å². The van der Waals surface area contributed by atoms with Crippen LogP contribution in [0.25, 0.3) is 6.08 Å². The number of imide groups is 1. The molecule has 0 bridgehead atoms. The molecule has 3 rings (SSSR count). The number of benzene rings is 2. The molecular weight excluding hydrogens is 514 g/mol. The zero-order valence-electron chi connectivity index (χ0n) is 17.7. The van der Waals surface area contributed by atoms with Gasteiger partial charge in [-0.25, -0.2) is 9.59 Å². The summed E-state index contributed by atoms with van der Waals surface area (Å²) >= 11 is 4.19. The lowest BCUT2D eigenvalue weighted by Crippen LogP contribution is -2.42. The number of carbonyl (C=O) groups is 4. The van der Waals surface area contributed by atoms with Crippen molar-refractivity contribution < 1.29 is 33.8 Å². The number of carboxylic acid groups (broad SMARTS) is 1. The Balaban J connectivity index is 1.71. The van der Waals surface area contributed by atoms with Crippen LogP contribution in [0.4, 0.5) is 4.79 Å². The second-order valence-electron chi connectivity index (χ2n) is 6.96. The Hall–Kier alpha value is -3.11. The summed E-state index contributed by atoms with van der Waals surface area (Å²) < 4.78 is 11.3. The Morgan fingerprint density at radius 3 is 2.64 bits per heavy atom. The minimum atomic E-state index is -1.01. The first-order valence-electron chi connectivity index (χ1n) is 9.89. The van der Waals surface area contributed by atoms with Crippen LogP contribution in [0.15, 0.2) is 51.8 Å². The zero-order valence-corrected chi connectivity index (χ0v) is 20.1. The van der Waals surface area contributed by atoms with Crippen LogP contribution in [-0.4, -0.2) is 45.7 Å². The molecule has 10 heteroatoms. The number of aromatic carboxylic acids is 1. The largest absolute Gasteiger partial charge is 0.488 e. The van der Waals surface area contributed by atoms with Gasteiger partial charge in [0.1, 0.15) is 18.4 Å². The Bertz CT molecular complexity index is 1150. The topological polar surface area (TPSA) is 110 Å². The maximum atomic E-state index is 12.7. The van der Waals surface area contributed by atoms with Crippen LogP contribution >= 0.6 is 27.7 Å². The summed E-state index contributed by atoms with van der Waals surface area (Å²) in [5.41, 5.74) is 1.53. The monoisotopic (exact) mass is 533 g/mol. The molecule has 0 saturated carbocycles. The van der Waals surface area contributed by atoms with E-state index in [0.717, 1.165) is 16.7 Å². The number of hydrogen-bond donors (Lipinski definition) is 1. The Labute approximate surface area is 202 Å². The van der Waals surface area contributed by atoms with Crippen LogP contribution in [0.1, 0.15) is 35.3 Å². The maximum Gasteiger partial charge on any atom is 0.335 e. The molecule has 33 heavy (non-hydrogen) atoms. The fraction of sp³-hybridized carbons (Fsp3) is 0.217. The normalized spacial score (nSPS) is 15.6. The summed E-state index contributed by atoms with van der Waals surface area (Å²) in [5, 5.41) is 8.56. The molecule has 1 aliphatic rings. The van der Waals surface area contributed by atoms with Crippen molar-refractivity contribution in [2.45, 2.75) is 26.5 Å². The molecule has 1 heterocycles. The van der Waals surface area contributed by atoms with E-state index in [1.54, 1.807) is 43.3 Å². The summed E-state index contributed by atoms with van der Waals surface area (Å²) in [7, 11) is 0. The smallest absolute Gasteiger partial charge is 0.335 e. The van der Waals surface area contributed by atoms with Gasteiger partial charge in [0.2, 0.25) is 0 Å². The molecule has 1 saturated heterocycles. The van der Waals surface area contributed by atoms with Gasteiger partial charge in [0.15, 0.2) is 0 Å². The van der Waals surface area contributed by atoms with Crippen molar-refractivity contribution in [3.8, 4) is 5.75 Å². The summed E-state index contributed by atoms with van der Waals surface area (Å²) in [6.45, 7) is 3.43. The Morgan fingerprint density at radius 1 is 1.21 bits per heavy atom. The molecule has 1 N–H and O–H groups in total. The van der Waals surface area contributed by atoms with Gasteiger partial charge in [0.25, 0.3) is 11.1 Å². The third-order valence-electron chi connectivity index (χ3n) is 4.66. The van der Waals surface area contributed by atoms with Crippen molar-refractivity contribution in [1.29, 1.82) is 0 Å². The molecule has 0 radical (unpaired) electrons. The quantitative estimate of drug-likeness (QED) is 0.383. The predicted molar refractivity (Wildman–Crippen MR) is 126 cm³/mol. The van der Waals surface area contributed by atoms with Crippen molar-refractivity contribution in [2.75, 3.05) is 6.61 Å². The second-order valence-corrected chi connectivity index (χ2v) is 8.81. The first-order valence-corrected chi connectivity index (χ1v) is 11.5. The highest BCUT2D eigenvalue weighted by molar-refractivity contribution is 9.10. The third-order valence-corrected chi connectivity index (χ3v) is 6.16. The number of carboxylic acids is 1. The first-order chi connectivity index (χ1) is 15.7. The summed E-state index contributed by atoms with van der Waals surface area (Å²) in [5.74, 6) is -1.68. The standard InChI is InChI=1S/C23H20BrNO7S/c1-3-31-22(29)13(2)25-20(26)19(33-23(25)30)11-14-7-8-18(17(24)10-14)32-12-15-5-4-6-16(9-15)21(27)28/h4-11,13H,3,12H2,1-2H3,(H,27,28)/b19-11+/t13-/m1/s1. The fourth-order valence-corrected chi connectivity index (χ4v) is 4.43. The number of nitrogens with zero attached hydrogens (tertiary/aromatic N) is 1. The van der Waals surface area contributed by atoms with Crippen LogP contribution in [-0.2, 0) is 20.9 Å². The molecule has 1 fully saturated rings. The van der Waals surface area contributed by atoms with E-state index in [1.807, 2.05) is 0 Å². The van der Waals surface area contributed by atoms with E-state index >= 15 is 0 Å². The lowest BCUT2D eigenvalue weighted by molar-refractivity contribution is -0.150. The van der Waals surface area contributed by atoms with Crippen LogP contribution in [0.5, 0.6) is 5.75 Å². The van der Waals surface area contributed by atoms with Gasteiger partial charge < -0.3 is 14.6 Å². The van der Waals surface area contributed by atoms with Gasteiger partial charge >= 0.3 is 11.9 Å².